The van der Waals surface area contributed by atoms with Gasteiger partial charge in [0.15, 0.2) is 0 Å². The van der Waals surface area contributed by atoms with Crippen LogP contribution in [0.1, 0.15) is 69.7 Å². The number of non-ortho nitro benzene ring substituents is 1. The lowest BCUT2D eigenvalue weighted by molar-refractivity contribution is -0.384. The molecule has 5 atom stereocenters. The third kappa shape index (κ3) is 7.43. The van der Waals surface area contributed by atoms with E-state index in [-0.39, 0.29) is 42.7 Å². The standard InChI is InChI=1S/C31H40N4O10/c1-6-19-16-31(19,28(39)43-5)33-25(36)23-15-22(44-27(38)18-11-13-20(14-12-18)35(41)42)17-34(23)26(37)24(30(2,3)4)32-29(40)45-21-9-7-8-10-21/h6,11-14,19,21-24H,1,7-10,15-17H2,2-5H3,(H,32,40)(H,33,36)/t19-,22+,23+,24-,31-/m1/s1. The van der Waals surface area contributed by atoms with Crippen molar-refractivity contribution < 1.29 is 43.1 Å². The maximum absolute atomic E-state index is 14.1. The van der Waals surface area contributed by atoms with E-state index in [1.165, 1.54) is 36.3 Å². The van der Waals surface area contributed by atoms with Crippen LogP contribution in [-0.2, 0) is 28.6 Å². The van der Waals surface area contributed by atoms with Crippen LogP contribution >= 0.6 is 0 Å². The smallest absolute Gasteiger partial charge is 0.408 e. The number of methoxy groups -OCH3 is 1. The number of amides is 3. The Morgan fingerprint density at radius 1 is 1.09 bits per heavy atom. The minimum absolute atomic E-state index is 0.0479. The van der Waals surface area contributed by atoms with Gasteiger partial charge in [-0.2, -0.15) is 0 Å². The molecule has 1 aromatic carbocycles. The first-order chi connectivity index (χ1) is 21.2. The highest BCUT2D eigenvalue weighted by Crippen LogP contribution is 2.45. The van der Waals surface area contributed by atoms with Crippen molar-refractivity contribution >= 4 is 35.5 Å². The van der Waals surface area contributed by atoms with E-state index < -0.39 is 63.9 Å². The predicted octanol–water partition coefficient (Wildman–Crippen LogP) is 3.04. The summed E-state index contributed by atoms with van der Waals surface area (Å²) in [5.74, 6) is -3.07. The predicted molar refractivity (Wildman–Crippen MR) is 159 cm³/mol. The van der Waals surface area contributed by atoms with Gasteiger partial charge in [-0.3, -0.25) is 19.7 Å². The van der Waals surface area contributed by atoms with E-state index in [2.05, 4.69) is 17.2 Å². The second-order valence-electron chi connectivity index (χ2n) is 12.8. The Balaban J connectivity index is 1.57. The van der Waals surface area contributed by atoms with E-state index in [1.54, 1.807) is 26.8 Å². The van der Waals surface area contributed by atoms with Crippen LogP contribution in [0.5, 0.6) is 0 Å². The number of alkyl carbamates (subject to hydrolysis) is 1. The minimum atomic E-state index is -1.33. The third-order valence-corrected chi connectivity index (χ3v) is 8.58. The van der Waals surface area contributed by atoms with Crippen molar-refractivity contribution in [1.29, 1.82) is 0 Å². The largest absolute Gasteiger partial charge is 0.467 e. The first-order valence-electron chi connectivity index (χ1n) is 15.0. The number of rotatable bonds is 10. The Kier molecular flexibility index (Phi) is 9.83. The number of esters is 2. The van der Waals surface area contributed by atoms with E-state index in [4.69, 9.17) is 14.2 Å². The Morgan fingerprint density at radius 3 is 2.27 bits per heavy atom. The summed E-state index contributed by atoms with van der Waals surface area (Å²) in [5.41, 5.74) is -2.29. The zero-order chi connectivity index (χ0) is 33.1. The van der Waals surface area contributed by atoms with Crippen LogP contribution in [0.2, 0.25) is 0 Å². The van der Waals surface area contributed by atoms with Crippen LogP contribution in [-0.4, -0.2) is 83.2 Å². The van der Waals surface area contributed by atoms with E-state index in [9.17, 15) is 34.1 Å². The normalized spacial score (nSPS) is 25.1. The molecule has 3 amide bonds. The third-order valence-electron chi connectivity index (χ3n) is 8.58. The van der Waals surface area contributed by atoms with Gasteiger partial charge in [0.1, 0.15) is 29.8 Å². The van der Waals surface area contributed by atoms with Crippen LogP contribution in [0, 0.1) is 21.4 Å². The lowest BCUT2D eigenvalue weighted by Crippen LogP contribution is -2.59. The molecule has 0 bridgehead atoms. The fraction of sp³-hybridized carbons (Fsp3) is 0.581. The fourth-order valence-corrected chi connectivity index (χ4v) is 5.92. The van der Waals surface area contributed by atoms with Crippen molar-refractivity contribution in [3.05, 3.63) is 52.6 Å². The number of nitrogens with zero attached hydrogens (tertiary/aromatic N) is 2. The van der Waals surface area contributed by atoms with Gasteiger partial charge in [0, 0.05) is 24.5 Å². The molecule has 3 fully saturated rings. The van der Waals surface area contributed by atoms with Crippen LogP contribution < -0.4 is 10.6 Å². The van der Waals surface area contributed by atoms with Crippen molar-refractivity contribution in [1.82, 2.24) is 15.5 Å². The van der Waals surface area contributed by atoms with Crippen LogP contribution in [0.15, 0.2) is 36.9 Å². The molecular weight excluding hydrogens is 588 g/mol. The van der Waals surface area contributed by atoms with Crippen molar-refractivity contribution in [2.24, 2.45) is 11.3 Å². The first-order valence-corrected chi connectivity index (χ1v) is 15.0. The minimum Gasteiger partial charge on any atom is -0.467 e. The fourth-order valence-electron chi connectivity index (χ4n) is 5.92. The van der Waals surface area contributed by atoms with Crippen molar-refractivity contribution in [2.45, 2.75) is 89.1 Å². The number of nitrogens with one attached hydrogen (secondary N) is 2. The average molecular weight is 629 g/mol. The highest BCUT2D eigenvalue weighted by molar-refractivity contribution is 5.97. The number of carbonyl (C=O) groups excluding carboxylic acids is 5. The Hall–Kier alpha value is -4.49. The van der Waals surface area contributed by atoms with Gasteiger partial charge in [-0.1, -0.05) is 26.8 Å². The molecule has 1 aromatic rings. The highest BCUT2D eigenvalue weighted by atomic mass is 16.6. The lowest BCUT2D eigenvalue weighted by atomic mass is 9.85. The zero-order valence-electron chi connectivity index (χ0n) is 25.9. The van der Waals surface area contributed by atoms with Gasteiger partial charge in [0.25, 0.3) is 5.69 Å². The summed E-state index contributed by atoms with van der Waals surface area (Å²) in [6.07, 6.45) is 3.17. The summed E-state index contributed by atoms with van der Waals surface area (Å²) in [6.45, 7) is 8.81. The second kappa shape index (κ2) is 13.2. The number of hydrogen-bond acceptors (Lipinski definition) is 10. The molecule has 2 saturated carbocycles. The number of carbonyl (C=O) groups is 5. The molecule has 0 unspecified atom stereocenters. The highest BCUT2D eigenvalue weighted by Gasteiger charge is 2.62. The van der Waals surface area contributed by atoms with Gasteiger partial charge >= 0.3 is 18.0 Å². The van der Waals surface area contributed by atoms with Crippen LogP contribution in [0.3, 0.4) is 0 Å². The van der Waals surface area contributed by atoms with Crippen molar-refractivity contribution in [2.75, 3.05) is 13.7 Å². The molecule has 2 aliphatic carbocycles. The number of benzene rings is 1. The molecular formula is C31H40N4O10. The topological polar surface area (TPSA) is 183 Å². The van der Waals surface area contributed by atoms with Gasteiger partial charge in [-0.15, -0.1) is 6.58 Å². The quantitative estimate of drug-likeness (QED) is 0.128. The molecule has 45 heavy (non-hydrogen) atoms. The molecule has 1 heterocycles. The Bertz CT molecular complexity index is 1350. The van der Waals surface area contributed by atoms with Crippen LogP contribution in [0.4, 0.5) is 10.5 Å². The van der Waals surface area contributed by atoms with Crippen LogP contribution in [0.25, 0.3) is 0 Å². The average Bonchev–Trinajstić information content (AvgIpc) is 3.27. The van der Waals surface area contributed by atoms with E-state index in [0.29, 0.717) is 0 Å². The molecule has 1 saturated heterocycles. The second-order valence-corrected chi connectivity index (χ2v) is 12.8. The Morgan fingerprint density at radius 2 is 1.73 bits per heavy atom. The molecule has 14 heteroatoms. The molecule has 3 aliphatic rings. The summed E-state index contributed by atoms with van der Waals surface area (Å²) in [5, 5.41) is 16.4. The van der Waals surface area contributed by atoms with E-state index >= 15 is 0 Å². The molecule has 14 nitrogen and oxygen atoms in total. The molecule has 0 radical (unpaired) electrons. The summed E-state index contributed by atoms with van der Waals surface area (Å²) < 4.78 is 16.1. The molecule has 244 valence electrons. The monoisotopic (exact) mass is 628 g/mol. The van der Waals surface area contributed by atoms with Gasteiger partial charge in [0.2, 0.25) is 11.8 Å². The number of likely N-dealkylation sites (tertiary alicyclic amines) is 1. The summed E-state index contributed by atoms with van der Waals surface area (Å²) in [7, 11) is 1.21. The molecule has 4 rings (SSSR count). The molecule has 1 aliphatic heterocycles. The van der Waals surface area contributed by atoms with Gasteiger partial charge in [-0.25, -0.2) is 14.4 Å². The van der Waals surface area contributed by atoms with Crippen molar-refractivity contribution in [3.63, 3.8) is 0 Å². The molecule has 0 spiro atoms. The maximum atomic E-state index is 14.1. The van der Waals surface area contributed by atoms with Gasteiger partial charge < -0.3 is 29.7 Å². The SMILES string of the molecule is C=C[C@@H]1C[C@]1(NC(=O)[C@@H]1C[C@H](OC(=O)c2ccc([N+](=O)[O-])cc2)CN1C(=O)[C@@H](NC(=O)OC1CCCC1)C(C)(C)C)C(=O)OC. The summed E-state index contributed by atoms with van der Waals surface area (Å²) in [4.78, 5) is 77.9. The first kappa shape index (κ1) is 33.4. The lowest BCUT2D eigenvalue weighted by Gasteiger charge is -2.35. The van der Waals surface area contributed by atoms with Crippen molar-refractivity contribution in [3.8, 4) is 0 Å². The molecule has 0 aromatic heterocycles. The number of ether oxygens (including phenoxy) is 3. The number of hydrogen-bond donors (Lipinski definition) is 2. The molecule has 2 N–H and O–H groups in total. The Labute approximate surface area is 261 Å². The maximum Gasteiger partial charge on any atom is 0.408 e. The summed E-state index contributed by atoms with van der Waals surface area (Å²) >= 11 is 0. The number of nitro groups is 1. The zero-order valence-corrected chi connectivity index (χ0v) is 25.9. The van der Waals surface area contributed by atoms with Gasteiger partial charge in [-0.05, 0) is 49.7 Å². The number of nitro benzene ring substituents is 1. The summed E-state index contributed by atoms with van der Waals surface area (Å²) in [6, 6.07) is 2.56. The van der Waals surface area contributed by atoms with E-state index in [1.807, 2.05) is 0 Å². The van der Waals surface area contributed by atoms with Gasteiger partial charge in [0.05, 0.1) is 24.1 Å². The van der Waals surface area contributed by atoms with E-state index in [0.717, 1.165) is 25.7 Å².